The lowest BCUT2D eigenvalue weighted by Crippen LogP contribution is -1.90. The molecular weight excluding hydrogens is 262 g/mol. The maximum Gasteiger partial charge on any atom is 0.174 e. The third-order valence-corrected chi connectivity index (χ3v) is 3.87. The highest BCUT2D eigenvalue weighted by Crippen LogP contribution is 2.36. The largest absolute Gasteiger partial charge is 0.487 e. The average molecular weight is 272 g/mol. The average Bonchev–Trinajstić information content (AvgIpc) is 2.60. The molecule has 1 aromatic heterocycles. The van der Waals surface area contributed by atoms with Gasteiger partial charge in [0, 0.05) is 21.3 Å². The fourth-order valence-electron chi connectivity index (χ4n) is 1.39. The first kappa shape index (κ1) is 9.80. The second-order valence-electron chi connectivity index (χ2n) is 2.95. The molecular formula is C10H10BrNOS. The molecule has 0 atom stereocenters. The van der Waals surface area contributed by atoms with Gasteiger partial charge < -0.3 is 10.5 Å². The molecule has 2 rings (SSSR count). The van der Waals surface area contributed by atoms with Crippen molar-refractivity contribution in [2.24, 2.45) is 0 Å². The predicted octanol–water partition coefficient (Wildman–Crippen LogP) is 3.39. The van der Waals surface area contributed by atoms with E-state index in [0.717, 1.165) is 21.6 Å². The fraction of sp³-hybridized carbons (Fsp3) is 0.200. The minimum atomic E-state index is 0.778. The van der Waals surface area contributed by atoms with E-state index in [2.05, 4.69) is 15.9 Å². The molecule has 0 aliphatic heterocycles. The van der Waals surface area contributed by atoms with E-state index in [1.807, 2.05) is 18.2 Å². The van der Waals surface area contributed by atoms with Crippen LogP contribution in [0.5, 0.6) is 5.06 Å². The van der Waals surface area contributed by atoms with E-state index in [1.165, 1.54) is 10.1 Å². The highest BCUT2D eigenvalue weighted by atomic mass is 79.9. The molecule has 14 heavy (non-hydrogen) atoms. The van der Waals surface area contributed by atoms with Crippen LogP contribution in [0.25, 0.3) is 10.1 Å². The van der Waals surface area contributed by atoms with Crippen LogP contribution in [-0.2, 0) is 5.33 Å². The van der Waals surface area contributed by atoms with Gasteiger partial charge in [0.2, 0.25) is 0 Å². The van der Waals surface area contributed by atoms with Crippen LogP contribution in [0, 0.1) is 0 Å². The Balaban J connectivity index is 2.73. The van der Waals surface area contributed by atoms with Gasteiger partial charge in [-0.05, 0) is 17.5 Å². The lowest BCUT2D eigenvalue weighted by atomic mass is 10.1. The van der Waals surface area contributed by atoms with Crippen molar-refractivity contribution in [1.82, 2.24) is 0 Å². The second-order valence-corrected chi connectivity index (χ2v) is 4.53. The first-order valence-electron chi connectivity index (χ1n) is 4.17. The van der Waals surface area contributed by atoms with E-state index in [-0.39, 0.29) is 0 Å². The summed E-state index contributed by atoms with van der Waals surface area (Å²) in [6, 6.07) is 5.99. The van der Waals surface area contributed by atoms with Gasteiger partial charge in [-0.25, -0.2) is 0 Å². The van der Waals surface area contributed by atoms with Gasteiger partial charge in [-0.2, -0.15) is 0 Å². The lowest BCUT2D eigenvalue weighted by molar-refractivity contribution is 0.427. The highest BCUT2D eigenvalue weighted by Gasteiger charge is 2.08. The highest BCUT2D eigenvalue weighted by molar-refractivity contribution is 9.08. The summed E-state index contributed by atoms with van der Waals surface area (Å²) in [6.45, 7) is 0. The van der Waals surface area contributed by atoms with Crippen molar-refractivity contribution in [3.63, 3.8) is 0 Å². The van der Waals surface area contributed by atoms with Gasteiger partial charge >= 0.3 is 0 Å². The standard InChI is InChI=1S/C10H10BrNOS/c1-13-9-4-6-2-3-8(12)7(5-11)10(6)14-9/h2-4H,5,12H2,1H3. The zero-order valence-electron chi connectivity index (χ0n) is 7.71. The number of benzene rings is 1. The Kier molecular flexibility index (Phi) is 2.65. The van der Waals surface area contributed by atoms with E-state index < -0.39 is 0 Å². The molecule has 1 aromatic carbocycles. The zero-order chi connectivity index (χ0) is 10.1. The molecule has 2 aromatic rings. The Morgan fingerprint density at radius 1 is 1.50 bits per heavy atom. The van der Waals surface area contributed by atoms with Crippen LogP contribution >= 0.6 is 27.3 Å². The first-order chi connectivity index (χ1) is 6.76. The minimum Gasteiger partial charge on any atom is -0.487 e. The second kappa shape index (κ2) is 3.79. The molecule has 0 bridgehead atoms. The van der Waals surface area contributed by atoms with Gasteiger partial charge in [0.25, 0.3) is 0 Å². The third-order valence-electron chi connectivity index (χ3n) is 2.14. The van der Waals surface area contributed by atoms with Crippen molar-refractivity contribution in [1.29, 1.82) is 0 Å². The molecule has 0 amide bonds. The molecule has 0 saturated carbocycles. The number of rotatable bonds is 2. The number of anilines is 1. The molecule has 0 saturated heterocycles. The number of halogens is 1. The van der Waals surface area contributed by atoms with Gasteiger partial charge in [0.15, 0.2) is 5.06 Å². The summed E-state index contributed by atoms with van der Waals surface area (Å²) in [5, 5.41) is 2.89. The van der Waals surface area contributed by atoms with Gasteiger partial charge in [-0.15, -0.1) is 0 Å². The van der Waals surface area contributed by atoms with Gasteiger partial charge in [0.1, 0.15) is 0 Å². The fourth-order valence-corrected chi connectivity index (χ4v) is 3.21. The Bertz CT molecular complexity index is 466. The number of fused-ring (bicyclic) bond motifs is 1. The van der Waals surface area contributed by atoms with Crippen LogP contribution in [0.3, 0.4) is 0 Å². The van der Waals surface area contributed by atoms with Crippen LogP contribution in [-0.4, -0.2) is 7.11 Å². The summed E-state index contributed by atoms with van der Waals surface area (Å²) < 4.78 is 6.41. The number of hydrogen-bond acceptors (Lipinski definition) is 3. The minimum absolute atomic E-state index is 0.778. The topological polar surface area (TPSA) is 35.2 Å². The van der Waals surface area contributed by atoms with Crippen molar-refractivity contribution in [3.8, 4) is 5.06 Å². The Labute approximate surface area is 94.8 Å². The first-order valence-corrected chi connectivity index (χ1v) is 6.11. The molecule has 0 aliphatic rings. The van der Waals surface area contributed by atoms with Gasteiger partial charge in [-0.1, -0.05) is 33.3 Å². The molecule has 0 radical (unpaired) electrons. The summed E-state index contributed by atoms with van der Waals surface area (Å²) in [6.07, 6.45) is 0. The van der Waals surface area contributed by atoms with Crippen LogP contribution in [0.2, 0.25) is 0 Å². The molecule has 0 unspecified atom stereocenters. The monoisotopic (exact) mass is 271 g/mol. The summed E-state index contributed by atoms with van der Waals surface area (Å²) in [7, 11) is 1.68. The lowest BCUT2D eigenvalue weighted by Gasteiger charge is -2.02. The molecule has 1 heterocycles. The van der Waals surface area contributed by atoms with Crippen LogP contribution in [0.1, 0.15) is 5.56 Å². The van der Waals surface area contributed by atoms with Crippen molar-refractivity contribution in [2.45, 2.75) is 5.33 Å². The zero-order valence-corrected chi connectivity index (χ0v) is 10.1. The number of thiophene rings is 1. The normalized spacial score (nSPS) is 10.7. The van der Waals surface area contributed by atoms with E-state index in [4.69, 9.17) is 10.5 Å². The molecule has 2 nitrogen and oxygen atoms in total. The summed E-state index contributed by atoms with van der Waals surface area (Å²) in [5.74, 6) is 0. The summed E-state index contributed by atoms with van der Waals surface area (Å²) in [4.78, 5) is 0. The molecule has 0 fully saturated rings. The third kappa shape index (κ3) is 1.48. The molecule has 0 spiro atoms. The SMILES string of the molecule is COc1cc2ccc(N)c(CBr)c2s1. The Hall–Kier alpha value is -0.740. The number of hydrogen-bond donors (Lipinski definition) is 1. The van der Waals surface area contributed by atoms with Crippen molar-refractivity contribution < 1.29 is 4.74 Å². The van der Waals surface area contributed by atoms with E-state index in [9.17, 15) is 0 Å². The Morgan fingerprint density at radius 3 is 2.93 bits per heavy atom. The predicted molar refractivity (Wildman–Crippen MR) is 65.4 cm³/mol. The smallest absolute Gasteiger partial charge is 0.174 e. The summed E-state index contributed by atoms with van der Waals surface area (Å²) >= 11 is 5.08. The van der Waals surface area contributed by atoms with Gasteiger partial charge in [0.05, 0.1) is 7.11 Å². The van der Waals surface area contributed by atoms with E-state index >= 15 is 0 Å². The van der Waals surface area contributed by atoms with Crippen molar-refractivity contribution in [2.75, 3.05) is 12.8 Å². The number of nitrogens with two attached hydrogens (primary N) is 1. The number of ether oxygens (including phenoxy) is 1. The Morgan fingerprint density at radius 2 is 2.29 bits per heavy atom. The molecule has 0 aliphatic carbocycles. The van der Waals surface area contributed by atoms with E-state index in [0.29, 0.717) is 0 Å². The number of methoxy groups -OCH3 is 1. The number of alkyl halides is 1. The maximum absolute atomic E-state index is 5.88. The van der Waals surface area contributed by atoms with Gasteiger partial charge in [-0.3, -0.25) is 0 Å². The summed E-state index contributed by atoms with van der Waals surface area (Å²) in [5.41, 5.74) is 7.86. The quantitative estimate of drug-likeness (QED) is 0.671. The molecule has 2 N–H and O–H groups in total. The molecule has 4 heteroatoms. The van der Waals surface area contributed by atoms with Crippen molar-refractivity contribution >= 4 is 43.0 Å². The van der Waals surface area contributed by atoms with Crippen LogP contribution < -0.4 is 10.5 Å². The molecule has 74 valence electrons. The van der Waals surface area contributed by atoms with Crippen molar-refractivity contribution in [3.05, 3.63) is 23.8 Å². The maximum atomic E-state index is 5.88. The van der Waals surface area contributed by atoms with E-state index in [1.54, 1.807) is 18.4 Å². The van der Waals surface area contributed by atoms with Crippen LogP contribution in [0.4, 0.5) is 5.69 Å². The van der Waals surface area contributed by atoms with Crippen LogP contribution in [0.15, 0.2) is 18.2 Å². The number of nitrogen functional groups attached to an aromatic ring is 1.